The molecule has 0 heterocycles. The fourth-order valence-electron chi connectivity index (χ4n) is 2.91. The SMILES string of the molecule is CCC1(CNS(=O)(=O)c2ccc(C(N)=S)cc2)CCCC1. The molecule has 116 valence electrons. The van der Waals surface area contributed by atoms with E-state index < -0.39 is 10.0 Å². The van der Waals surface area contributed by atoms with Gasteiger partial charge in [0, 0.05) is 12.1 Å². The average molecular weight is 326 g/mol. The highest BCUT2D eigenvalue weighted by atomic mass is 32.2. The van der Waals surface area contributed by atoms with Gasteiger partial charge in [0.2, 0.25) is 10.0 Å². The highest BCUT2D eigenvalue weighted by Crippen LogP contribution is 2.40. The molecule has 0 unspecified atom stereocenters. The van der Waals surface area contributed by atoms with Crippen molar-refractivity contribution in [2.24, 2.45) is 11.1 Å². The van der Waals surface area contributed by atoms with Crippen LogP contribution in [0.4, 0.5) is 0 Å². The van der Waals surface area contributed by atoms with Crippen molar-refractivity contribution in [1.82, 2.24) is 4.72 Å². The third-order valence-electron chi connectivity index (χ3n) is 4.50. The zero-order chi connectivity index (χ0) is 15.5. The summed E-state index contributed by atoms with van der Waals surface area (Å²) in [5.41, 5.74) is 6.32. The Morgan fingerprint density at radius 3 is 2.33 bits per heavy atom. The molecule has 0 aromatic heterocycles. The maximum atomic E-state index is 12.4. The number of hydrogen-bond donors (Lipinski definition) is 2. The van der Waals surface area contributed by atoms with Crippen molar-refractivity contribution in [2.75, 3.05) is 6.54 Å². The summed E-state index contributed by atoms with van der Waals surface area (Å²) in [5.74, 6) is 0. The van der Waals surface area contributed by atoms with E-state index in [-0.39, 0.29) is 15.3 Å². The summed E-state index contributed by atoms with van der Waals surface area (Å²) in [6, 6.07) is 6.37. The Labute approximate surface area is 132 Å². The van der Waals surface area contributed by atoms with Gasteiger partial charge in [-0.25, -0.2) is 13.1 Å². The molecule has 0 atom stereocenters. The van der Waals surface area contributed by atoms with Crippen molar-refractivity contribution in [1.29, 1.82) is 0 Å². The zero-order valence-corrected chi connectivity index (χ0v) is 13.9. The fourth-order valence-corrected chi connectivity index (χ4v) is 4.20. The molecular weight excluding hydrogens is 304 g/mol. The van der Waals surface area contributed by atoms with Crippen molar-refractivity contribution in [3.8, 4) is 0 Å². The summed E-state index contributed by atoms with van der Waals surface area (Å²) >= 11 is 4.87. The molecule has 0 saturated heterocycles. The summed E-state index contributed by atoms with van der Waals surface area (Å²) < 4.78 is 27.5. The summed E-state index contributed by atoms with van der Waals surface area (Å²) in [5, 5.41) is 0. The second kappa shape index (κ2) is 6.42. The molecule has 1 aliphatic carbocycles. The number of benzene rings is 1. The van der Waals surface area contributed by atoms with Crippen LogP contribution >= 0.6 is 12.2 Å². The molecule has 0 bridgehead atoms. The lowest BCUT2D eigenvalue weighted by Gasteiger charge is -2.27. The van der Waals surface area contributed by atoms with Gasteiger partial charge < -0.3 is 5.73 Å². The third-order valence-corrected chi connectivity index (χ3v) is 6.15. The monoisotopic (exact) mass is 326 g/mol. The predicted molar refractivity (Wildman–Crippen MR) is 88.7 cm³/mol. The minimum absolute atomic E-state index is 0.131. The summed E-state index contributed by atoms with van der Waals surface area (Å²) in [7, 11) is -3.47. The number of hydrogen-bond acceptors (Lipinski definition) is 3. The van der Waals surface area contributed by atoms with Crippen LogP contribution in [0.15, 0.2) is 29.2 Å². The van der Waals surface area contributed by atoms with Gasteiger partial charge in [-0.2, -0.15) is 0 Å². The van der Waals surface area contributed by atoms with E-state index in [0.717, 1.165) is 19.3 Å². The van der Waals surface area contributed by atoms with E-state index in [1.165, 1.54) is 12.8 Å². The summed E-state index contributed by atoms with van der Waals surface area (Å²) in [6.07, 6.45) is 5.60. The van der Waals surface area contributed by atoms with Gasteiger partial charge >= 0.3 is 0 Å². The van der Waals surface area contributed by atoms with Crippen LogP contribution < -0.4 is 10.5 Å². The largest absolute Gasteiger partial charge is 0.389 e. The van der Waals surface area contributed by atoms with Gasteiger partial charge in [-0.3, -0.25) is 0 Å². The van der Waals surface area contributed by atoms with Gasteiger partial charge in [0.25, 0.3) is 0 Å². The molecule has 4 nitrogen and oxygen atoms in total. The van der Waals surface area contributed by atoms with Crippen LogP contribution in [0.2, 0.25) is 0 Å². The van der Waals surface area contributed by atoms with Gasteiger partial charge in [-0.1, -0.05) is 44.1 Å². The smallest absolute Gasteiger partial charge is 0.240 e. The van der Waals surface area contributed by atoms with Crippen molar-refractivity contribution in [3.63, 3.8) is 0 Å². The minimum atomic E-state index is -3.47. The minimum Gasteiger partial charge on any atom is -0.389 e. The number of sulfonamides is 1. The van der Waals surface area contributed by atoms with Gasteiger partial charge in [-0.15, -0.1) is 0 Å². The number of thiocarbonyl (C=S) groups is 1. The van der Waals surface area contributed by atoms with E-state index in [4.69, 9.17) is 18.0 Å². The Kier molecular flexibility index (Phi) is 5.01. The number of rotatable bonds is 6. The zero-order valence-electron chi connectivity index (χ0n) is 12.3. The van der Waals surface area contributed by atoms with Crippen molar-refractivity contribution in [3.05, 3.63) is 29.8 Å². The Balaban J connectivity index is 2.09. The predicted octanol–water partition coefficient (Wildman–Crippen LogP) is 2.57. The van der Waals surface area contributed by atoms with Gasteiger partial charge in [-0.05, 0) is 36.8 Å². The standard InChI is InChI=1S/C15H22N2O2S2/c1-2-15(9-3-4-10-15)11-17-21(18,19)13-7-5-12(6-8-13)14(16)20/h5-8,17H,2-4,9-11H2,1H3,(H2,16,20). The molecule has 6 heteroatoms. The van der Waals surface area contributed by atoms with E-state index in [0.29, 0.717) is 12.1 Å². The van der Waals surface area contributed by atoms with E-state index in [2.05, 4.69) is 11.6 Å². The van der Waals surface area contributed by atoms with Crippen LogP contribution in [-0.2, 0) is 10.0 Å². The highest BCUT2D eigenvalue weighted by Gasteiger charge is 2.33. The topological polar surface area (TPSA) is 72.2 Å². The van der Waals surface area contributed by atoms with E-state index >= 15 is 0 Å². The summed E-state index contributed by atoms with van der Waals surface area (Å²) in [6.45, 7) is 2.65. The molecule has 3 N–H and O–H groups in total. The fraction of sp³-hybridized carbons (Fsp3) is 0.533. The summed E-state index contributed by atoms with van der Waals surface area (Å²) in [4.78, 5) is 0.523. The quantitative estimate of drug-likeness (QED) is 0.788. The van der Waals surface area contributed by atoms with Crippen LogP contribution in [0.5, 0.6) is 0 Å². The van der Waals surface area contributed by atoms with E-state index in [1.807, 2.05) is 0 Å². The molecule has 1 aromatic carbocycles. The first kappa shape index (κ1) is 16.4. The van der Waals surface area contributed by atoms with E-state index in [1.54, 1.807) is 24.3 Å². The van der Waals surface area contributed by atoms with Gasteiger partial charge in [0.05, 0.1) is 4.90 Å². The molecule has 0 amide bonds. The molecule has 0 aliphatic heterocycles. The van der Waals surface area contributed by atoms with Crippen molar-refractivity contribution in [2.45, 2.75) is 43.9 Å². The van der Waals surface area contributed by atoms with Crippen LogP contribution in [0, 0.1) is 5.41 Å². The number of nitrogens with one attached hydrogen (secondary N) is 1. The maximum absolute atomic E-state index is 12.4. The van der Waals surface area contributed by atoms with Crippen molar-refractivity contribution >= 4 is 27.2 Å². The van der Waals surface area contributed by atoms with Crippen LogP contribution in [0.1, 0.15) is 44.6 Å². The normalized spacial score (nSPS) is 17.8. The maximum Gasteiger partial charge on any atom is 0.240 e. The second-order valence-electron chi connectivity index (χ2n) is 5.77. The molecule has 1 aromatic rings. The molecule has 1 saturated carbocycles. The third kappa shape index (κ3) is 3.81. The van der Waals surface area contributed by atoms with Crippen LogP contribution in [-0.4, -0.2) is 20.0 Å². The number of nitrogens with two attached hydrogens (primary N) is 1. The molecular formula is C15H22N2O2S2. The molecule has 0 radical (unpaired) electrons. The molecule has 1 fully saturated rings. The Hall–Kier alpha value is -0.980. The molecule has 21 heavy (non-hydrogen) atoms. The molecule has 1 aliphatic rings. The second-order valence-corrected chi connectivity index (χ2v) is 7.98. The Morgan fingerprint density at radius 2 is 1.86 bits per heavy atom. The van der Waals surface area contributed by atoms with Gasteiger partial charge in [0.15, 0.2) is 0 Å². The van der Waals surface area contributed by atoms with E-state index in [9.17, 15) is 8.42 Å². The first-order chi connectivity index (χ1) is 9.88. The molecule has 2 rings (SSSR count). The Bertz CT molecular complexity index is 603. The lowest BCUT2D eigenvalue weighted by atomic mass is 9.84. The lowest BCUT2D eigenvalue weighted by Crippen LogP contribution is -2.35. The highest BCUT2D eigenvalue weighted by molar-refractivity contribution is 7.89. The van der Waals surface area contributed by atoms with Gasteiger partial charge in [0.1, 0.15) is 4.99 Å². The average Bonchev–Trinajstić information content (AvgIpc) is 2.95. The van der Waals surface area contributed by atoms with Crippen LogP contribution in [0.25, 0.3) is 0 Å². The Morgan fingerprint density at radius 1 is 1.29 bits per heavy atom. The van der Waals surface area contributed by atoms with Crippen molar-refractivity contribution < 1.29 is 8.42 Å². The first-order valence-electron chi connectivity index (χ1n) is 7.28. The lowest BCUT2D eigenvalue weighted by molar-refractivity contribution is 0.285. The first-order valence-corrected chi connectivity index (χ1v) is 9.17. The molecule has 0 spiro atoms. The van der Waals surface area contributed by atoms with Crippen LogP contribution in [0.3, 0.4) is 0 Å².